The highest BCUT2D eigenvalue weighted by atomic mass is 35.5. The summed E-state index contributed by atoms with van der Waals surface area (Å²) in [7, 11) is 0. The first-order chi connectivity index (χ1) is 17.7. The second kappa shape index (κ2) is 9.82. The molecule has 1 aromatic carbocycles. The van der Waals surface area contributed by atoms with Crippen molar-refractivity contribution in [2.24, 2.45) is 5.92 Å². The van der Waals surface area contributed by atoms with Crippen LogP contribution in [0.25, 0.3) is 22.2 Å². The molecule has 4 aromatic rings. The van der Waals surface area contributed by atoms with Gasteiger partial charge in [-0.1, -0.05) is 23.2 Å². The third-order valence-electron chi connectivity index (χ3n) is 6.89. The summed E-state index contributed by atoms with van der Waals surface area (Å²) in [5, 5.41) is 29.5. The van der Waals surface area contributed by atoms with Crippen LogP contribution in [0.1, 0.15) is 44.4 Å². The van der Waals surface area contributed by atoms with Crippen molar-refractivity contribution >= 4 is 39.9 Å². The number of aromatic amines is 1. The summed E-state index contributed by atoms with van der Waals surface area (Å²) >= 11 is 12.6. The Kier molecular flexibility index (Phi) is 6.71. The van der Waals surface area contributed by atoms with Crippen molar-refractivity contribution in [3.05, 3.63) is 64.0 Å². The molecular weight excluding hydrogens is 511 g/mol. The van der Waals surface area contributed by atoms with Crippen molar-refractivity contribution in [1.82, 2.24) is 20.2 Å². The molecule has 190 valence electrons. The molecular formula is C27H26Cl2N6O2. The van der Waals surface area contributed by atoms with Gasteiger partial charge in [0.2, 0.25) is 0 Å². The number of ether oxygens (including phenoxy) is 1. The second-order valence-corrected chi connectivity index (χ2v) is 10.7. The Labute approximate surface area is 224 Å². The molecule has 10 heteroatoms. The monoisotopic (exact) mass is 536 g/mol. The average Bonchev–Trinajstić information content (AvgIpc) is 3.51. The van der Waals surface area contributed by atoms with Crippen molar-refractivity contribution in [2.45, 2.75) is 38.9 Å². The van der Waals surface area contributed by atoms with Crippen molar-refractivity contribution in [2.75, 3.05) is 18.0 Å². The van der Waals surface area contributed by atoms with Crippen LogP contribution in [0.15, 0.2) is 42.9 Å². The van der Waals surface area contributed by atoms with Crippen LogP contribution in [0.5, 0.6) is 5.75 Å². The molecule has 0 bridgehead atoms. The molecule has 1 aliphatic heterocycles. The predicted molar refractivity (Wildman–Crippen MR) is 144 cm³/mol. The van der Waals surface area contributed by atoms with Crippen molar-refractivity contribution in [1.29, 1.82) is 5.26 Å². The third kappa shape index (κ3) is 4.95. The van der Waals surface area contributed by atoms with E-state index in [0.29, 0.717) is 45.0 Å². The van der Waals surface area contributed by atoms with Crippen LogP contribution in [-0.4, -0.2) is 44.0 Å². The molecule has 5 rings (SSSR count). The van der Waals surface area contributed by atoms with Gasteiger partial charge in [-0.2, -0.15) is 10.4 Å². The van der Waals surface area contributed by atoms with Crippen LogP contribution in [0, 0.1) is 17.2 Å². The van der Waals surface area contributed by atoms with Gasteiger partial charge >= 0.3 is 0 Å². The molecule has 37 heavy (non-hydrogen) atoms. The van der Waals surface area contributed by atoms with Gasteiger partial charge in [-0.25, -0.2) is 4.98 Å². The number of rotatable bonds is 6. The molecule has 8 nitrogen and oxygen atoms in total. The number of aromatic nitrogens is 4. The molecule has 3 aromatic heterocycles. The van der Waals surface area contributed by atoms with E-state index in [-0.39, 0.29) is 5.92 Å². The van der Waals surface area contributed by atoms with Crippen molar-refractivity contribution in [3.63, 3.8) is 0 Å². The van der Waals surface area contributed by atoms with E-state index in [2.05, 4.69) is 31.1 Å². The standard InChI is InChI=1S/C27H26Cl2N6O2/c1-15(24-21(28)12-31-13-22(24)29)37-19-4-5-23-20(9-19)25(34-33-23)17-8-16(10-30)26(32-11-17)35-7-6-18(14-35)27(2,3)36/h4-5,8-9,11-13,15,18,36H,6-7,14H2,1-3H3,(H,33,34)/t15?,18-/m0/s1. The molecule has 2 N–H and O–H groups in total. The number of benzene rings is 1. The predicted octanol–water partition coefficient (Wildman–Crippen LogP) is 5.94. The summed E-state index contributed by atoms with van der Waals surface area (Å²) in [5.74, 6) is 1.36. The first-order valence-corrected chi connectivity index (χ1v) is 12.7. The Morgan fingerprint density at radius 1 is 1.22 bits per heavy atom. The maximum atomic E-state index is 10.4. The van der Waals surface area contributed by atoms with Gasteiger partial charge in [-0.05, 0) is 51.5 Å². The molecule has 1 unspecified atom stereocenters. The minimum Gasteiger partial charge on any atom is -0.486 e. The van der Waals surface area contributed by atoms with E-state index in [1.807, 2.05) is 45.0 Å². The lowest BCUT2D eigenvalue weighted by atomic mass is 9.90. The normalized spacial score (nSPS) is 16.7. The van der Waals surface area contributed by atoms with Gasteiger partial charge in [0.25, 0.3) is 0 Å². The third-order valence-corrected chi connectivity index (χ3v) is 7.49. The maximum Gasteiger partial charge on any atom is 0.146 e. The maximum absolute atomic E-state index is 10.4. The molecule has 4 heterocycles. The highest BCUT2D eigenvalue weighted by molar-refractivity contribution is 6.35. The Balaban J connectivity index is 1.44. The second-order valence-electron chi connectivity index (χ2n) is 9.85. The average molecular weight is 537 g/mol. The molecule has 2 atom stereocenters. The summed E-state index contributed by atoms with van der Waals surface area (Å²) in [4.78, 5) is 10.7. The minimum absolute atomic E-state index is 0.119. The van der Waals surface area contributed by atoms with Crippen LogP contribution in [0.4, 0.5) is 5.82 Å². The van der Waals surface area contributed by atoms with Gasteiger partial charge < -0.3 is 14.7 Å². The van der Waals surface area contributed by atoms with E-state index in [4.69, 9.17) is 27.9 Å². The van der Waals surface area contributed by atoms with Crippen LogP contribution in [0.3, 0.4) is 0 Å². The number of pyridine rings is 2. The van der Waals surface area contributed by atoms with Gasteiger partial charge in [-0.3, -0.25) is 10.1 Å². The fraction of sp³-hybridized carbons (Fsp3) is 0.333. The van der Waals surface area contributed by atoms with E-state index in [1.165, 1.54) is 12.4 Å². The van der Waals surface area contributed by atoms with E-state index in [0.717, 1.165) is 29.4 Å². The van der Waals surface area contributed by atoms with Crippen LogP contribution < -0.4 is 9.64 Å². The zero-order valence-corrected chi connectivity index (χ0v) is 22.2. The zero-order chi connectivity index (χ0) is 26.3. The molecule has 0 spiro atoms. The molecule has 1 fully saturated rings. The highest BCUT2D eigenvalue weighted by Gasteiger charge is 2.34. The number of nitriles is 1. The van der Waals surface area contributed by atoms with Crippen LogP contribution in [0.2, 0.25) is 10.0 Å². The van der Waals surface area contributed by atoms with Crippen molar-refractivity contribution < 1.29 is 9.84 Å². The van der Waals surface area contributed by atoms with Crippen LogP contribution >= 0.6 is 23.2 Å². The SMILES string of the molecule is CC(Oc1ccc2[nH]nc(-c3cnc(N4CC[C@H](C(C)(C)O)C4)c(C#N)c3)c2c1)c1c(Cl)cncc1Cl. The van der Waals surface area contributed by atoms with Gasteiger partial charge in [0.1, 0.15) is 29.4 Å². The summed E-state index contributed by atoms with van der Waals surface area (Å²) < 4.78 is 6.17. The Morgan fingerprint density at radius 3 is 2.65 bits per heavy atom. The molecule has 1 aliphatic rings. The number of hydrogen-bond donors (Lipinski definition) is 2. The number of aliphatic hydroxyl groups is 1. The minimum atomic E-state index is -0.777. The quantitative estimate of drug-likeness (QED) is 0.313. The lowest BCUT2D eigenvalue weighted by Gasteiger charge is -2.26. The lowest BCUT2D eigenvalue weighted by Crippen LogP contribution is -2.33. The van der Waals surface area contributed by atoms with Gasteiger partial charge in [0, 0.05) is 54.1 Å². The highest BCUT2D eigenvalue weighted by Crippen LogP contribution is 2.36. The number of hydrogen-bond acceptors (Lipinski definition) is 7. The number of H-pyrrole nitrogens is 1. The summed E-state index contributed by atoms with van der Waals surface area (Å²) in [6, 6.07) is 9.71. The van der Waals surface area contributed by atoms with E-state index < -0.39 is 11.7 Å². The van der Waals surface area contributed by atoms with E-state index >= 15 is 0 Å². The zero-order valence-electron chi connectivity index (χ0n) is 20.7. The first kappa shape index (κ1) is 25.3. The number of nitrogens with one attached hydrogen (secondary N) is 1. The fourth-order valence-corrected chi connectivity index (χ4v) is 5.48. The summed E-state index contributed by atoms with van der Waals surface area (Å²) in [5.41, 5.74) is 2.56. The molecule has 0 saturated carbocycles. The Bertz CT molecular complexity index is 1490. The molecule has 0 amide bonds. The van der Waals surface area contributed by atoms with Gasteiger partial charge in [0.15, 0.2) is 0 Å². The number of halogens is 2. The summed E-state index contributed by atoms with van der Waals surface area (Å²) in [6.45, 7) is 6.91. The number of fused-ring (bicyclic) bond motifs is 1. The topological polar surface area (TPSA) is 111 Å². The molecule has 0 aliphatic carbocycles. The molecule has 0 radical (unpaired) electrons. The van der Waals surface area contributed by atoms with E-state index in [1.54, 1.807) is 6.20 Å². The van der Waals surface area contributed by atoms with Crippen molar-refractivity contribution in [3.8, 4) is 23.1 Å². The van der Waals surface area contributed by atoms with Gasteiger partial charge in [0.05, 0.1) is 26.7 Å². The van der Waals surface area contributed by atoms with Gasteiger partial charge in [-0.15, -0.1) is 0 Å². The smallest absolute Gasteiger partial charge is 0.146 e. The number of anilines is 1. The van der Waals surface area contributed by atoms with E-state index in [9.17, 15) is 10.4 Å². The largest absolute Gasteiger partial charge is 0.486 e. The van der Waals surface area contributed by atoms with Crippen LogP contribution in [-0.2, 0) is 0 Å². The Hall–Kier alpha value is -3.38. The summed E-state index contributed by atoms with van der Waals surface area (Å²) in [6.07, 6.45) is 5.25. The molecule has 1 saturated heterocycles. The number of nitrogens with zero attached hydrogens (tertiary/aromatic N) is 5. The Morgan fingerprint density at radius 2 is 1.97 bits per heavy atom. The fourth-order valence-electron chi connectivity index (χ4n) is 4.81. The lowest BCUT2D eigenvalue weighted by molar-refractivity contribution is 0.0263. The first-order valence-electron chi connectivity index (χ1n) is 12.0.